The summed E-state index contributed by atoms with van der Waals surface area (Å²) in [6.07, 6.45) is -4.56. The van der Waals surface area contributed by atoms with E-state index in [1.807, 2.05) is 6.92 Å². The predicted octanol–water partition coefficient (Wildman–Crippen LogP) is 4.36. The number of alkyl halides is 3. The fourth-order valence-corrected chi connectivity index (χ4v) is 3.50. The molecule has 0 aromatic heterocycles. The van der Waals surface area contributed by atoms with E-state index in [1.165, 1.54) is 6.07 Å². The summed E-state index contributed by atoms with van der Waals surface area (Å²) in [4.78, 5) is 11.8. The van der Waals surface area contributed by atoms with Gasteiger partial charge in [0.15, 0.2) is 6.04 Å². The van der Waals surface area contributed by atoms with Crippen molar-refractivity contribution in [2.45, 2.75) is 44.9 Å². The summed E-state index contributed by atoms with van der Waals surface area (Å²) < 4.78 is 47.8. The molecule has 3 rings (SSSR count). The minimum Gasteiger partial charge on any atom is -0.493 e. The lowest BCUT2D eigenvalue weighted by molar-refractivity contribution is -0.203. The van der Waals surface area contributed by atoms with E-state index >= 15 is 0 Å². The first-order chi connectivity index (χ1) is 12.1. The molecule has 4 nitrogen and oxygen atoms in total. The van der Waals surface area contributed by atoms with Gasteiger partial charge in [-0.25, -0.2) is 0 Å². The molecule has 140 valence electrons. The number of benzene rings is 2. The first-order valence-corrected chi connectivity index (χ1v) is 8.45. The van der Waals surface area contributed by atoms with Crippen molar-refractivity contribution in [3.8, 4) is 5.75 Å². The largest absolute Gasteiger partial charge is 0.493 e. The molecule has 0 radical (unpaired) electrons. The Morgan fingerprint density at radius 2 is 1.85 bits per heavy atom. The Bertz CT molecular complexity index is 833. The van der Waals surface area contributed by atoms with Gasteiger partial charge in [0.2, 0.25) is 5.91 Å². The van der Waals surface area contributed by atoms with Gasteiger partial charge in [0.1, 0.15) is 5.75 Å². The molecule has 0 bridgehead atoms. The number of amides is 1. The number of hydrazine groups is 1. The van der Waals surface area contributed by atoms with Crippen molar-refractivity contribution in [1.82, 2.24) is 10.4 Å². The Morgan fingerprint density at radius 3 is 2.42 bits per heavy atom. The fraction of sp³-hybridized carbons (Fsp3) is 0.421. The number of ether oxygens (including phenoxy) is 1. The van der Waals surface area contributed by atoms with Crippen LogP contribution in [0.3, 0.4) is 0 Å². The summed E-state index contributed by atoms with van der Waals surface area (Å²) in [6.45, 7) is 5.49. The van der Waals surface area contributed by atoms with Gasteiger partial charge in [0.05, 0.1) is 6.61 Å². The monoisotopic (exact) mass is 366 g/mol. The van der Waals surface area contributed by atoms with Crippen LogP contribution in [0.5, 0.6) is 5.75 Å². The van der Waals surface area contributed by atoms with Crippen LogP contribution < -0.4 is 10.2 Å². The highest BCUT2D eigenvalue weighted by Gasteiger charge is 2.53. The molecule has 2 aromatic carbocycles. The molecule has 7 heteroatoms. The third-order valence-corrected chi connectivity index (χ3v) is 4.57. The second-order valence-electron chi connectivity index (χ2n) is 6.97. The summed E-state index contributed by atoms with van der Waals surface area (Å²) in [5.74, 6) is 0.122. The van der Waals surface area contributed by atoms with Gasteiger partial charge >= 0.3 is 6.18 Å². The van der Waals surface area contributed by atoms with Crippen LogP contribution in [0.4, 0.5) is 13.2 Å². The maximum absolute atomic E-state index is 14.1. The van der Waals surface area contributed by atoms with Gasteiger partial charge < -0.3 is 4.74 Å². The number of halogens is 3. The molecule has 1 saturated heterocycles. The average molecular weight is 366 g/mol. The van der Waals surface area contributed by atoms with Crippen LogP contribution in [0, 0.1) is 0 Å². The SMILES string of the molecule is CCOc1cccc2c([C@H](N3NC(=O)CC3(C)C)C(F)(F)F)cccc12. The molecule has 1 amide bonds. The first kappa shape index (κ1) is 18.5. The fourth-order valence-electron chi connectivity index (χ4n) is 3.50. The van der Waals surface area contributed by atoms with E-state index in [0.717, 1.165) is 5.01 Å². The Labute approximate surface area is 149 Å². The summed E-state index contributed by atoms with van der Waals surface area (Å²) in [5, 5.41) is 2.10. The Hall–Kier alpha value is -2.28. The second kappa shape index (κ2) is 6.46. The molecule has 0 aliphatic carbocycles. The molecule has 0 saturated carbocycles. The molecule has 26 heavy (non-hydrogen) atoms. The van der Waals surface area contributed by atoms with Crippen LogP contribution in [0.25, 0.3) is 10.8 Å². The van der Waals surface area contributed by atoms with Crippen molar-refractivity contribution in [3.05, 3.63) is 42.0 Å². The quantitative estimate of drug-likeness (QED) is 0.874. The van der Waals surface area contributed by atoms with E-state index in [4.69, 9.17) is 4.74 Å². The Balaban J connectivity index is 2.20. The number of hydrogen-bond acceptors (Lipinski definition) is 3. The van der Waals surface area contributed by atoms with E-state index in [1.54, 1.807) is 44.2 Å². The van der Waals surface area contributed by atoms with Crippen molar-refractivity contribution in [3.63, 3.8) is 0 Å². The standard InChI is InChI=1S/C19H21F3N2O2/c1-4-26-15-10-6-7-12-13(15)8-5-9-14(12)17(19(20,21)22)24-18(2,3)11-16(25)23-24/h5-10,17H,4,11H2,1-3H3,(H,23,25)/t17-/m0/s1. The van der Waals surface area contributed by atoms with E-state index in [-0.39, 0.29) is 12.0 Å². The average Bonchev–Trinajstić information content (AvgIpc) is 2.79. The van der Waals surface area contributed by atoms with Gasteiger partial charge in [0, 0.05) is 17.3 Å². The van der Waals surface area contributed by atoms with E-state index in [0.29, 0.717) is 23.1 Å². The normalized spacial score (nSPS) is 18.8. The number of rotatable bonds is 4. The summed E-state index contributed by atoms with van der Waals surface area (Å²) in [6, 6.07) is 7.89. The number of hydrogen-bond donors (Lipinski definition) is 1. The molecule has 1 aliphatic heterocycles. The van der Waals surface area contributed by atoms with Crippen molar-refractivity contribution in [2.24, 2.45) is 0 Å². The summed E-state index contributed by atoms with van der Waals surface area (Å²) in [7, 11) is 0. The number of carbonyl (C=O) groups excluding carboxylic acids is 1. The van der Waals surface area contributed by atoms with Crippen molar-refractivity contribution in [1.29, 1.82) is 0 Å². The Kier molecular flexibility index (Phi) is 4.60. The van der Waals surface area contributed by atoms with Gasteiger partial charge in [-0.05, 0) is 37.8 Å². The highest BCUT2D eigenvalue weighted by Crippen LogP contribution is 2.45. The lowest BCUT2D eigenvalue weighted by Crippen LogP contribution is -2.51. The van der Waals surface area contributed by atoms with Crippen LogP contribution >= 0.6 is 0 Å². The molecular formula is C19H21F3N2O2. The van der Waals surface area contributed by atoms with Gasteiger partial charge in [-0.2, -0.15) is 18.2 Å². The topological polar surface area (TPSA) is 41.6 Å². The molecule has 0 unspecified atom stereocenters. The highest BCUT2D eigenvalue weighted by molar-refractivity contribution is 5.91. The first-order valence-electron chi connectivity index (χ1n) is 8.45. The van der Waals surface area contributed by atoms with E-state index in [2.05, 4.69) is 5.43 Å². The van der Waals surface area contributed by atoms with Crippen molar-refractivity contribution in [2.75, 3.05) is 6.61 Å². The molecule has 1 N–H and O–H groups in total. The molecule has 1 heterocycles. The minimum absolute atomic E-state index is 0.00847. The molecule has 1 aliphatic rings. The number of carbonyl (C=O) groups is 1. The van der Waals surface area contributed by atoms with E-state index in [9.17, 15) is 18.0 Å². The number of fused-ring (bicyclic) bond motifs is 1. The maximum atomic E-state index is 14.1. The zero-order valence-electron chi connectivity index (χ0n) is 14.9. The van der Waals surface area contributed by atoms with Crippen molar-refractivity contribution >= 4 is 16.7 Å². The predicted molar refractivity (Wildman–Crippen MR) is 92.6 cm³/mol. The third-order valence-electron chi connectivity index (χ3n) is 4.57. The lowest BCUT2D eigenvalue weighted by atomic mass is 9.93. The summed E-state index contributed by atoms with van der Waals surface area (Å²) in [5.41, 5.74) is 1.53. The Morgan fingerprint density at radius 1 is 1.19 bits per heavy atom. The zero-order chi connectivity index (χ0) is 19.1. The van der Waals surface area contributed by atoms with Gasteiger partial charge in [-0.3, -0.25) is 10.2 Å². The number of nitrogens with one attached hydrogen (secondary N) is 1. The van der Waals surface area contributed by atoms with Gasteiger partial charge in [0.25, 0.3) is 0 Å². The molecular weight excluding hydrogens is 345 g/mol. The lowest BCUT2D eigenvalue weighted by Gasteiger charge is -2.38. The van der Waals surface area contributed by atoms with Gasteiger partial charge in [-0.1, -0.05) is 30.3 Å². The summed E-state index contributed by atoms with van der Waals surface area (Å²) >= 11 is 0. The van der Waals surface area contributed by atoms with Crippen LogP contribution in [0.2, 0.25) is 0 Å². The smallest absolute Gasteiger partial charge is 0.409 e. The molecule has 2 aromatic rings. The second-order valence-corrected chi connectivity index (χ2v) is 6.97. The van der Waals surface area contributed by atoms with Crippen LogP contribution in [0.15, 0.2) is 36.4 Å². The third kappa shape index (κ3) is 3.23. The van der Waals surface area contributed by atoms with Gasteiger partial charge in [-0.15, -0.1) is 0 Å². The maximum Gasteiger partial charge on any atom is 0.409 e. The molecule has 0 spiro atoms. The van der Waals surface area contributed by atoms with Crippen LogP contribution in [-0.2, 0) is 4.79 Å². The number of nitrogens with zero attached hydrogens (tertiary/aromatic N) is 1. The van der Waals surface area contributed by atoms with E-state index < -0.39 is 23.7 Å². The van der Waals surface area contributed by atoms with Crippen LogP contribution in [0.1, 0.15) is 38.8 Å². The minimum atomic E-state index is -4.56. The highest BCUT2D eigenvalue weighted by atomic mass is 19.4. The zero-order valence-corrected chi connectivity index (χ0v) is 14.9. The van der Waals surface area contributed by atoms with Crippen LogP contribution in [-0.4, -0.2) is 29.2 Å². The molecule has 1 fully saturated rings. The molecule has 1 atom stereocenters. The van der Waals surface area contributed by atoms with Crippen molar-refractivity contribution < 1.29 is 22.7 Å².